The van der Waals surface area contributed by atoms with Crippen LogP contribution in [0.2, 0.25) is 0 Å². The van der Waals surface area contributed by atoms with Crippen LogP contribution in [0.3, 0.4) is 0 Å². The first-order valence-electron chi connectivity index (χ1n) is 8.06. The summed E-state index contributed by atoms with van der Waals surface area (Å²) >= 11 is 0. The number of ether oxygens (including phenoxy) is 1. The number of nitrogens with one attached hydrogen (secondary N) is 2. The molecule has 6 heteroatoms. The molecular formula is C17H23N3O3. The van der Waals surface area contributed by atoms with E-state index in [0.717, 1.165) is 25.0 Å². The topological polar surface area (TPSA) is 93.5 Å². The third-order valence-corrected chi connectivity index (χ3v) is 4.86. The summed E-state index contributed by atoms with van der Waals surface area (Å²) < 4.78 is 6.23. The lowest BCUT2D eigenvalue weighted by molar-refractivity contribution is -0.127. The van der Waals surface area contributed by atoms with E-state index in [1.54, 1.807) is 0 Å². The van der Waals surface area contributed by atoms with Crippen molar-refractivity contribution in [2.45, 2.75) is 43.7 Å². The fourth-order valence-electron chi connectivity index (χ4n) is 3.67. The van der Waals surface area contributed by atoms with Crippen LogP contribution in [0.25, 0.3) is 0 Å². The average Bonchev–Trinajstić information content (AvgIpc) is 2.55. The molecule has 23 heavy (non-hydrogen) atoms. The summed E-state index contributed by atoms with van der Waals surface area (Å²) in [6, 6.07) is 8.07. The van der Waals surface area contributed by atoms with Crippen molar-refractivity contribution >= 4 is 11.8 Å². The summed E-state index contributed by atoms with van der Waals surface area (Å²) in [7, 11) is 0. The van der Waals surface area contributed by atoms with Gasteiger partial charge >= 0.3 is 0 Å². The van der Waals surface area contributed by atoms with E-state index >= 15 is 0 Å². The summed E-state index contributed by atoms with van der Waals surface area (Å²) in [6.45, 7) is 1.89. The minimum Gasteiger partial charge on any atom is -0.485 e. The maximum absolute atomic E-state index is 12.1. The first-order valence-corrected chi connectivity index (χ1v) is 8.06. The van der Waals surface area contributed by atoms with Crippen molar-refractivity contribution in [2.75, 3.05) is 13.1 Å². The Balaban J connectivity index is 1.67. The Bertz CT molecular complexity index is 619. The van der Waals surface area contributed by atoms with Crippen LogP contribution in [0.15, 0.2) is 24.3 Å². The number of rotatable bonds is 4. The van der Waals surface area contributed by atoms with Crippen molar-refractivity contribution in [3.8, 4) is 5.75 Å². The van der Waals surface area contributed by atoms with E-state index in [0.29, 0.717) is 5.92 Å². The highest BCUT2D eigenvalue weighted by molar-refractivity contribution is 5.85. The maximum Gasteiger partial charge on any atom is 0.239 e. The van der Waals surface area contributed by atoms with Gasteiger partial charge in [-0.3, -0.25) is 9.59 Å². The molecule has 1 heterocycles. The van der Waals surface area contributed by atoms with E-state index < -0.39 is 5.60 Å². The molecule has 2 aliphatic rings. The van der Waals surface area contributed by atoms with E-state index in [1.165, 1.54) is 5.56 Å². The third-order valence-electron chi connectivity index (χ3n) is 4.86. The zero-order valence-electron chi connectivity index (χ0n) is 13.3. The highest BCUT2D eigenvalue weighted by Gasteiger charge is 2.47. The Morgan fingerprint density at radius 1 is 1.30 bits per heavy atom. The van der Waals surface area contributed by atoms with Crippen LogP contribution in [0.4, 0.5) is 0 Å². The smallest absolute Gasteiger partial charge is 0.239 e. The van der Waals surface area contributed by atoms with E-state index in [1.807, 2.05) is 18.2 Å². The van der Waals surface area contributed by atoms with Crippen LogP contribution in [0.1, 0.15) is 37.7 Å². The Morgan fingerprint density at radius 2 is 2.09 bits per heavy atom. The molecular weight excluding hydrogens is 294 g/mol. The second kappa shape index (κ2) is 6.20. The number of carbonyl (C=O) groups excluding carboxylic acids is 2. The van der Waals surface area contributed by atoms with Gasteiger partial charge in [0.15, 0.2) is 0 Å². The highest BCUT2D eigenvalue weighted by Crippen LogP contribution is 2.48. The van der Waals surface area contributed by atoms with Crippen molar-refractivity contribution in [1.82, 2.24) is 10.6 Å². The lowest BCUT2D eigenvalue weighted by Crippen LogP contribution is -2.59. The van der Waals surface area contributed by atoms with Crippen LogP contribution in [-0.4, -0.2) is 36.5 Å². The molecule has 1 aliphatic carbocycles. The number of para-hydroxylation sites is 1. The van der Waals surface area contributed by atoms with Crippen LogP contribution in [0, 0.1) is 0 Å². The van der Waals surface area contributed by atoms with Gasteiger partial charge in [0.05, 0.1) is 19.1 Å². The summed E-state index contributed by atoms with van der Waals surface area (Å²) in [5.74, 6) is 0.855. The van der Waals surface area contributed by atoms with E-state index in [2.05, 4.69) is 23.6 Å². The van der Waals surface area contributed by atoms with Crippen molar-refractivity contribution < 1.29 is 14.3 Å². The Hall–Kier alpha value is -2.08. The SMILES string of the molecule is CC12CC(CCC1NC(=O)CNC(=O)CN)c1ccccc1O2. The summed E-state index contributed by atoms with van der Waals surface area (Å²) in [5, 5.41) is 5.49. The summed E-state index contributed by atoms with van der Waals surface area (Å²) in [6.07, 6.45) is 2.78. The second-order valence-electron chi connectivity index (χ2n) is 6.53. The van der Waals surface area contributed by atoms with E-state index in [-0.39, 0.29) is 30.9 Å². The van der Waals surface area contributed by atoms with Crippen molar-refractivity contribution in [2.24, 2.45) is 5.73 Å². The van der Waals surface area contributed by atoms with Crippen LogP contribution < -0.4 is 21.1 Å². The summed E-state index contributed by atoms with van der Waals surface area (Å²) in [5.41, 5.74) is 6.07. The Morgan fingerprint density at radius 3 is 2.87 bits per heavy atom. The van der Waals surface area contributed by atoms with Crippen molar-refractivity contribution in [1.29, 1.82) is 0 Å². The second-order valence-corrected chi connectivity index (χ2v) is 6.53. The fourth-order valence-corrected chi connectivity index (χ4v) is 3.67. The van der Waals surface area contributed by atoms with Gasteiger partial charge in [-0.2, -0.15) is 0 Å². The minimum absolute atomic E-state index is 0.0529. The molecule has 0 spiro atoms. The van der Waals surface area contributed by atoms with Crippen LogP contribution in [0.5, 0.6) is 5.75 Å². The highest BCUT2D eigenvalue weighted by atomic mass is 16.5. The molecule has 4 N–H and O–H groups in total. The molecule has 1 saturated carbocycles. The van der Waals surface area contributed by atoms with Crippen LogP contribution in [-0.2, 0) is 9.59 Å². The third kappa shape index (κ3) is 3.17. The van der Waals surface area contributed by atoms with Gasteiger partial charge in [0.2, 0.25) is 11.8 Å². The normalized spacial score (nSPS) is 28.3. The predicted molar refractivity (Wildman–Crippen MR) is 86.1 cm³/mol. The number of carbonyl (C=O) groups is 2. The molecule has 3 rings (SSSR count). The Kier molecular flexibility index (Phi) is 4.26. The molecule has 2 amide bonds. The number of hydrogen-bond acceptors (Lipinski definition) is 4. The molecule has 1 aromatic carbocycles. The van der Waals surface area contributed by atoms with E-state index in [4.69, 9.17) is 10.5 Å². The van der Waals surface area contributed by atoms with Gasteiger partial charge in [-0.1, -0.05) is 18.2 Å². The van der Waals surface area contributed by atoms with Gasteiger partial charge in [0.1, 0.15) is 11.4 Å². The van der Waals surface area contributed by atoms with Gasteiger partial charge in [0.25, 0.3) is 0 Å². The molecule has 1 aliphatic heterocycles. The maximum atomic E-state index is 12.1. The molecule has 2 bridgehead atoms. The monoisotopic (exact) mass is 317 g/mol. The number of benzene rings is 1. The molecule has 0 saturated heterocycles. The molecule has 0 aromatic heterocycles. The minimum atomic E-state index is -0.412. The Labute approximate surface area is 135 Å². The molecule has 1 aromatic rings. The molecule has 1 fully saturated rings. The fraction of sp³-hybridized carbons (Fsp3) is 0.529. The largest absolute Gasteiger partial charge is 0.485 e. The van der Waals surface area contributed by atoms with Gasteiger partial charge < -0.3 is 21.1 Å². The standard InChI is InChI=1S/C17H23N3O3/c1-17-8-11(12-4-2-3-5-13(12)23-17)6-7-14(17)20-16(22)10-19-15(21)9-18/h2-5,11,14H,6-10,18H2,1H3,(H,19,21)(H,20,22). The first-order chi connectivity index (χ1) is 11.0. The number of hydrogen-bond donors (Lipinski definition) is 3. The van der Waals surface area contributed by atoms with Crippen LogP contribution >= 0.6 is 0 Å². The molecule has 0 radical (unpaired) electrons. The molecule has 6 nitrogen and oxygen atoms in total. The average molecular weight is 317 g/mol. The quantitative estimate of drug-likeness (QED) is 0.761. The predicted octanol–water partition coefficient (Wildman–Crippen LogP) is 0.665. The molecule has 3 atom stereocenters. The molecule has 124 valence electrons. The lowest BCUT2D eigenvalue weighted by Gasteiger charge is -2.49. The molecule has 3 unspecified atom stereocenters. The number of amides is 2. The van der Waals surface area contributed by atoms with Crippen molar-refractivity contribution in [3.63, 3.8) is 0 Å². The van der Waals surface area contributed by atoms with Crippen molar-refractivity contribution in [3.05, 3.63) is 29.8 Å². The van der Waals surface area contributed by atoms with Gasteiger partial charge in [-0.15, -0.1) is 0 Å². The first kappa shape index (κ1) is 15.8. The van der Waals surface area contributed by atoms with Gasteiger partial charge in [-0.05, 0) is 43.7 Å². The van der Waals surface area contributed by atoms with Gasteiger partial charge in [-0.25, -0.2) is 0 Å². The number of nitrogens with two attached hydrogens (primary N) is 1. The zero-order valence-corrected chi connectivity index (χ0v) is 13.3. The zero-order chi connectivity index (χ0) is 16.4. The number of fused-ring (bicyclic) bond motifs is 4. The van der Waals surface area contributed by atoms with E-state index in [9.17, 15) is 9.59 Å². The van der Waals surface area contributed by atoms with Gasteiger partial charge in [0, 0.05) is 0 Å². The summed E-state index contributed by atoms with van der Waals surface area (Å²) in [4.78, 5) is 23.2. The lowest BCUT2D eigenvalue weighted by atomic mass is 9.71.